The molecule has 0 saturated carbocycles. The van der Waals surface area contributed by atoms with E-state index in [2.05, 4.69) is 10.3 Å². The summed E-state index contributed by atoms with van der Waals surface area (Å²) in [5.41, 5.74) is -0.998. The zero-order valence-corrected chi connectivity index (χ0v) is 15.1. The van der Waals surface area contributed by atoms with Gasteiger partial charge in [0, 0.05) is 25.5 Å². The predicted molar refractivity (Wildman–Crippen MR) is 96.6 cm³/mol. The van der Waals surface area contributed by atoms with E-state index in [1.54, 1.807) is 0 Å². The van der Waals surface area contributed by atoms with E-state index in [0.29, 0.717) is 0 Å². The number of aryl methyl sites for hydroxylation is 1. The summed E-state index contributed by atoms with van der Waals surface area (Å²) in [6.07, 6.45) is -1.91. The van der Waals surface area contributed by atoms with Crippen molar-refractivity contribution in [3.63, 3.8) is 0 Å². The molecule has 0 aliphatic rings. The number of aromatic nitrogens is 2. The number of rotatable bonds is 4. The zero-order chi connectivity index (χ0) is 21.2. The molecule has 9 heteroatoms. The Labute approximate surface area is 162 Å². The molecule has 0 aliphatic heterocycles. The van der Waals surface area contributed by atoms with Crippen LogP contribution in [0.2, 0.25) is 0 Å². The van der Waals surface area contributed by atoms with Crippen LogP contribution < -0.4 is 10.9 Å². The van der Waals surface area contributed by atoms with Crippen LogP contribution in [0.3, 0.4) is 0 Å². The van der Waals surface area contributed by atoms with Crippen LogP contribution in [-0.2, 0) is 13.2 Å². The number of halogens is 4. The smallest absolute Gasteiger partial charge is 0.339 e. The highest BCUT2D eigenvalue weighted by Crippen LogP contribution is 2.31. The largest absolute Gasteiger partial charge is 0.416 e. The molecule has 0 saturated heterocycles. The van der Waals surface area contributed by atoms with Gasteiger partial charge in [0.25, 0.3) is 5.91 Å². The standard InChI is InChI=1S/C20H15F4N3O2/c1-27-11-13(6-9-16(27)28)19(29)26-17(18-15(21)3-2-10-25-18)12-4-7-14(8-5-12)20(22,23)24/h2-11,17H,1H3,(H,26,29). The fourth-order valence-corrected chi connectivity index (χ4v) is 2.73. The Bertz CT molecular complexity index is 1090. The molecule has 0 radical (unpaired) electrons. The molecule has 29 heavy (non-hydrogen) atoms. The second-order valence-electron chi connectivity index (χ2n) is 6.26. The Kier molecular flexibility index (Phi) is 5.49. The number of alkyl halides is 3. The number of carbonyl (C=O) groups is 1. The van der Waals surface area contributed by atoms with E-state index in [4.69, 9.17) is 0 Å². The van der Waals surface area contributed by atoms with Gasteiger partial charge in [0.1, 0.15) is 11.5 Å². The van der Waals surface area contributed by atoms with Crippen LogP contribution in [-0.4, -0.2) is 15.5 Å². The molecule has 1 N–H and O–H groups in total. The number of hydrogen-bond donors (Lipinski definition) is 1. The third-order valence-corrected chi connectivity index (χ3v) is 4.26. The van der Waals surface area contributed by atoms with E-state index < -0.39 is 29.5 Å². The summed E-state index contributed by atoms with van der Waals surface area (Å²) in [5.74, 6) is -1.37. The third-order valence-electron chi connectivity index (χ3n) is 4.26. The summed E-state index contributed by atoms with van der Waals surface area (Å²) in [6, 6.07) is 7.87. The van der Waals surface area contributed by atoms with Gasteiger partial charge in [-0.3, -0.25) is 14.6 Å². The second-order valence-corrected chi connectivity index (χ2v) is 6.26. The summed E-state index contributed by atoms with van der Waals surface area (Å²) in [6.45, 7) is 0. The van der Waals surface area contributed by atoms with Gasteiger partial charge < -0.3 is 9.88 Å². The molecule has 2 heterocycles. The van der Waals surface area contributed by atoms with Crippen LogP contribution in [0.1, 0.15) is 33.2 Å². The molecule has 2 aromatic heterocycles. The van der Waals surface area contributed by atoms with Crippen LogP contribution in [0.15, 0.2) is 65.7 Å². The van der Waals surface area contributed by atoms with Crippen molar-refractivity contribution in [2.24, 2.45) is 7.05 Å². The van der Waals surface area contributed by atoms with E-state index in [0.717, 1.165) is 30.3 Å². The average Bonchev–Trinajstić information content (AvgIpc) is 2.68. The van der Waals surface area contributed by atoms with Crippen LogP contribution in [0, 0.1) is 5.82 Å². The van der Waals surface area contributed by atoms with Gasteiger partial charge in [-0.15, -0.1) is 0 Å². The number of carbonyl (C=O) groups excluding carboxylic acids is 1. The highest BCUT2D eigenvalue weighted by molar-refractivity contribution is 5.94. The van der Waals surface area contributed by atoms with Gasteiger partial charge in [-0.25, -0.2) is 4.39 Å². The van der Waals surface area contributed by atoms with Crippen molar-refractivity contribution in [3.8, 4) is 0 Å². The summed E-state index contributed by atoms with van der Waals surface area (Å²) < 4.78 is 54.0. The van der Waals surface area contributed by atoms with Crippen LogP contribution in [0.25, 0.3) is 0 Å². The van der Waals surface area contributed by atoms with Crippen LogP contribution >= 0.6 is 0 Å². The molecule has 150 valence electrons. The predicted octanol–water partition coefficient (Wildman–Crippen LogP) is 3.46. The fraction of sp³-hybridized carbons (Fsp3) is 0.150. The maximum absolute atomic E-state index is 14.3. The van der Waals surface area contributed by atoms with Gasteiger partial charge in [-0.1, -0.05) is 12.1 Å². The van der Waals surface area contributed by atoms with Crippen LogP contribution in [0.4, 0.5) is 17.6 Å². The van der Waals surface area contributed by atoms with Crippen LogP contribution in [0.5, 0.6) is 0 Å². The first-order valence-corrected chi connectivity index (χ1v) is 8.42. The minimum absolute atomic E-state index is 0.125. The van der Waals surface area contributed by atoms with E-state index in [1.807, 2.05) is 0 Å². The number of nitrogens with zero attached hydrogens (tertiary/aromatic N) is 2. The molecule has 1 unspecified atom stereocenters. The summed E-state index contributed by atoms with van der Waals surface area (Å²) in [5, 5.41) is 2.57. The molecular formula is C20H15F4N3O2. The third kappa shape index (κ3) is 4.50. The second kappa shape index (κ2) is 7.86. The molecular weight excluding hydrogens is 390 g/mol. The quantitative estimate of drug-likeness (QED) is 0.677. The van der Waals surface area contributed by atoms with E-state index in [-0.39, 0.29) is 22.4 Å². The molecule has 1 atom stereocenters. The van der Waals surface area contributed by atoms with E-state index in [9.17, 15) is 27.2 Å². The van der Waals surface area contributed by atoms with Gasteiger partial charge >= 0.3 is 6.18 Å². The molecule has 0 spiro atoms. The molecule has 3 rings (SSSR count). The first kappa shape index (κ1) is 20.2. The summed E-state index contributed by atoms with van der Waals surface area (Å²) >= 11 is 0. The van der Waals surface area contributed by atoms with Gasteiger partial charge in [-0.2, -0.15) is 13.2 Å². The van der Waals surface area contributed by atoms with Crippen molar-refractivity contribution in [1.29, 1.82) is 0 Å². The Morgan fingerprint density at radius 1 is 1.10 bits per heavy atom. The summed E-state index contributed by atoms with van der Waals surface area (Å²) in [4.78, 5) is 28.1. The first-order chi connectivity index (χ1) is 13.7. The number of nitrogens with one attached hydrogen (secondary N) is 1. The highest BCUT2D eigenvalue weighted by atomic mass is 19.4. The molecule has 5 nitrogen and oxygen atoms in total. The minimum atomic E-state index is -4.53. The lowest BCUT2D eigenvalue weighted by atomic mass is 10.0. The number of pyridine rings is 2. The van der Waals surface area contributed by atoms with Crippen molar-refractivity contribution < 1.29 is 22.4 Å². The SMILES string of the molecule is Cn1cc(C(=O)NC(c2ccc(C(F)(F)F)cc2)c2ncccc2F)ccc1=O. The lowest BCUT2D eigenvalue weighted by Gasteiger charge is -2.20. The molecule has 0 aliphatic carbocycles. The van der Waals surface area contributed by atoms with Crippen molar-refractivity contribution in [2.75, 3.05) is 0 Å². The normalized spacial score (nSPS) is 12.4. The number of hydrogen-bond acceptors (Lipinski definition) is 3. The van der Waals surface area contributed by atoms with Gasteiger partial charge in [-0.05, 0) is 35.9 Å². The monoisotopic (exact) mass is 405 g/mol. The zero-order valence-electron chi connectivity index (χ0n) is 15.1. The van der Waals surface area contributed by atoms with E-state index in [1.165, 1.54) is 42.2 Å². The van der Waals surface area contributed by atoms with Crippen molar-refractivity contribution in [3.05, 3.63) is 99.5 Å². The first-order valence-electron chi connectivity index (χ1n) is 8.42. The molecule has 3 aromatic rings. The van der Waals surface area contributed by atoms with E-state index >= 15 is 0 Å². The minimum Gasteiger partial charge on any atom is -0.339 e. The molecule has 1 aromatic carbocycles. The number of amides is 1. The maximum atomic E-state index is 14.3. The topological polar surface area (TPSA) is 64.0 Å². The van der Waals surface area contributed by atoms with Crippen molar-refractivity contribution in [2.45, 2.75) is 12.2 Å². The van der Waals surface area contributed by atoms with Crippen molar-refractivity contribution in [1.82, 2.24) is 14.9 Å². The molecule has 1 amide bonds. The number of benzene rings is 1. The van der Waals surface area contributed by atoms with Crippen molar-refractivity contribution >= 4 is 5.91 Å². The fourth-order valence-electron chi connectivity index (χ4n) is 2.73. The van der Waals surface area contributed by atoms with Gasteiger partial charge in [0.2, 0.25) is 5.56 Å². The average molecular weight is 405 g/mol. The Morgan fingerprint density at radius 3 is 2.38 bits per heavy atom. The lowest BCUT2D eigenvalue weighted by Crippen LogP contribution is -2.31. The summed E-state index contributed by atoms with van der Waals surface area (Å²) in [7, 11) is 1.46. The Hall–Kier alpha value is -3.49. The highest BCUT2D eigenvalue weighted by Gasteiger charge is 2.31. The molecule has 0 fully saturated rings. The van der Waals surface area contributed by atoms with Gasteiger partial charge in [0.05, 0.1) is 17.2 Å². The Morgan fingerprint density at radius 2 is 1.79 bits per heavy atom. The molecule has 0 bridgehead atoms. The van der Waals surface area contributed by atoms with Gasteiger partial charge in [0.15, 0.2) is 0 Å². The lowest BCUT2D eigenvalue weighted by molar-refractivity contribution is -0.137. The maximum Gasteiger partial charge on any atom is 0.416 e. The Balaban J connectivity index is 2.00.